The maximum absolute atomic E-state index is 12.7. The van der Waals surface area contributed by atoms with Crippen molar-refractivity contribution < 1.29 is 19.1 Å². The van der Waals surface area contributed by atoms with E-state index < -0.39 is 11.9 Å². The Morgan fingerprint density at radius 3 is 2.59 bits per heavy atom. The van der Waals surface area contributed by atoms with Gasteiger partial charge in [-0.1, -0.05) is 11.3 Å². The summed E-state index contributed by atoms with van der Waals surface area (Å²) in [6.07, 6.45) is 1.55. The minimum absolute atomic E-state index is 0.0325. The van der Waals surface area contributed by atoms with Crippen molar-refractivity contribution in [2.75, 3.05) is 14.2 Å². The molecule has 9 heteroatoms. The fourth-order valence-corrected chi connectivity index (χ4v) is 3.77. The SMILES string of the molecule is COC(=O)Cn1c(=NC(=O)c2cn(C)nc2OC)sc2cc(C)c(C)cc21. The number of aromatic nitrogens is 3. The van der Waals surface area contributed by atoms with Crippen molar-refractivity contribution in [3.63, 3.8) is 0 Å². The molecule has 0 saturated carbocycles. The van der Waals surface area contributed by atoms with Crippen LogP contribution in [0.3, 0.4) is 0 Å². The zero-order chi connectivity index (χ0) is 19.7. The lowest BCUT2D eigenvalue weighted by atomic mass is 10.1. The van der Waals surface area contributed by atoms with Gasteiger partial charge in [-0.3, -0.25) is 14.3 Å². The first-order valence-electron chi connectivity index (χ1n) is 8.18. The minimum Gasteiger partial charge on any atom is -0.479 e. The van der Waals surface area contributed by atoms with Crippen LogP contribution in [0.1, 0.15) is 21.5 Å². The smallest absolute Gasteiger partial charge is 0.325 e. The Morgan fingerprint density at radius 2 is 1.93 bits per heavy atom. The Bertz CT molecular complexity index is 1110. The zero-order valence-electron chi connectivity index (χ0n) is 15.8. The van der Waals surface area contributed by atoms with E-state index in [-0.39, 0.29) is 18.0 Å². The molecule has 8 nitrogen and oxygen atoms in total. The second kappa shape index (κ2) is 7.36. The van der Waals surface area contributed by atoms with E-state index in [1.807, 2.05) is 26.0 Å². The quantitative estimate of drug-likeness (QED) is 0.638. The van der Waals surface area contributed by atoms with Crippen LogP contribution in [0.15, 0.2) is 23.3 Å². The number of ether oxygens (including phenoxy) is 2. The van der Waals surface area contributed by atoms with Crippen molar-refractivity contribution in [1.29, 1.82) is 0 Å². The molecule has 142 valence electrons. The van der Waals surface area contributed by atoms with Crippen LogP contribution in [0.25, 0.3) is 10.2 Å². The molecule has 2 heterocycles. The summed E-state index contributed by atoms with van der Waals surface area (Å²) in [5.41, 5.74) is 3.30. The highest BCUT2D eigenvalue weighted by Crippen LogP contribution is 2.22. The van der Waals surface area contributed by atoms with Gasteiger partial charge in [-0.05, 0) is 37.1 Å². The van der Waals surface area contributed by atoms with Gasteiger partial charge in [0.25, 0.3) is 5.91 Å². The predicted octanol–water partition coefficient (Wildman–Crippen LogP) is 1.98. The number of thiazole rings is 1. The van der Waals surface area contributed by atoms with Crippen LogP contribution in [0.4, 0.5) is 0 Å². The van der Waals surface area contributed by atoms with Gasteiger partial charge in [-0.25, -0.2) is 0 Å². The summed E-state index contributed by atoms with van der Waals surface area (Å²) in [6, 6.07) is 4.01. The normalized spacial score (nSPS) is 11.8. The fraction of sp³-hybridized carbons (Fsp3) is 0.333. The summed E-state index contributed by atoms with van der Waals surface area (Å²) >= 11 is 1.34. The minimum atomic E-state index is -0.487. The molecule has 3 rings (SSSR count). The van der Waals surface area contributed by atoms with Crippen LogP contribution >= 0.6 is 11.3 Å². The number of hydrogen-bond donors (Lipinski definition) is 0. The molecule has 0 aliphatic carbocycles. The lowest BCUT2D eigenvalue weighted by molar-refractivity contribution is -0.141. The van der Waals surface area contributed by atoms with Crippen LogP contribution in [0.5, 0.6) is 5.88 Å². The molecule has 0 bridgehead atoms. The summed E-state index contributed by atoms with van der Waals surface area (Å²) < 4.78 is 14.1. The van der Waals surface area contributed by atoms with E-state index in [0.717, 1.165) is 21.3 Å². The third-order valence-electron chi connectivity index (χ3n) is 4.23. The van der Waals surface area contributed by atoms with Gasteiger partial charge in [-0.2, -0.15) is 4.99 Å². The molecule has 0 unspecified atom stereocenters. The number of carbonyl (C=O) groups is 2. The first kappa shape index (κ1) is 18.8. The number of nitrogens with zero attached hydrogens (tertiary/aromatic N) is 4. The van der Waals surface area contributed by atoms with Crippen LogP contribution < -0.4 is 9.54 Å². The Kier molecular flexibility index (Phi) is 5.13. The molecular formula is C18H20N4O4S. The number of hydrogen-bond acceptors (Lipinski definition) is 6. The molecule has 0 N–H and O–H groups in total. The van der Waals surface area contributed by atoms with E-state index >= 15 is 0 Å². The number of rotatable bonds is 4. The van der Waals surface area contributed by atoms with E-state index in [9.17, 15) is 9.59 Å². The first-order valence-corrected chi connectivity index (χ1v) is 8.99. The third kappa shape index (κ3) is 3.63. The summed E-state index contributed by atoms with van der Waals surface area (Å²) in [5.74, 6) is -0.696. The number of esters is 1. The Hall–Kier alpha value is -2.94. The van der Waals surface area contributed by atoms with Crippen LogP contribution in [-0.2, 0) is 23.1 Å². The molecule has 0 aliphatic rings. The molecule has 3 aromatic rings. The summed E-state index contributed by atoms with van der Waals surface area (Å²) in [6.45, 7) is 3.98. The van der Waals surface area contributed by atoms with Gasteiger partial charge in [0.15, 0.2) is 4.80 Å². The molecule has 2 aromatic heterocycles. The van der Waals surface area contributed by atoms with E-state index in [1.54, 1.807) is 17.8 Å². The van der Waals surface area contributed by atoms with Gasteiger partial charge in [0.05, 0.1) is 24.4 Å². The number of fused-ring (bicyclic) bond motifs is 1. The van der Waals surface area contributed by atoms with Crippen molar-refractivity contribution >= 4 is 33.4 Å². The second-order valence-corrected chi connectivity index (χ2v) is 7.10. The van der Waals surface area contributed by atoms with E-state index in [4.69, 9.17) is 9.47 Å². The van der Waals surface area contributed by atoms with Gasteiger partial charge in [-0.15, -0.1) is 5.10 Å². The average Bonchev–Trinajstić information content (AvgIpc) is 3.16. The molecule has 27 heavy (non-hydrogen) atoms. The lowest BCUT2D eigenvalue weighted by Gasteiger charge is -2.05. The predicted molar refractivity (Wildman–Crippen MR) is 101 cm³/mol. The monoisotopic (exact) mass is 388 g/mol. The first-order chi connectivity index (χ1) is 12.8. The van der Waals surface area contributed by atoms with Crippen molar-refractivity contribution in [3.8, 4) is 5.88 Å². The maximum Gasteiger partial charge on any atom is 0.325 e. The van der Waals surface area contributed by atoms with Crippen molar-refractivity contribution in [3.05, 3.63) is 39.8 Å². The van der Waals surface area contributed by atoms with Crippen molar-refractivity contribution in [2.24, 2.45) is 12.0 Å². The summed E-state index contributed by atoms with van der Waals surface area (Å²) in [7, 11) is 4.47. The summed E-state index contributed by atoms with van der Waals surface area (Å²) in [5, 5.41) is 4.08. The van der Waals surface area contributed by atoms with Gasteiger partial charge in [0.2, 0.25) is 5.88 Å². The third-order valence-corrected chi connectivity index (χ3v) is 5.27. The zero-order valence-corrected chi connectivity index (χ0v) is 16.6. The second-order valence-electron chi connectivity index (χ2n) is 6.09. The van der Waals surface area contributed by atoms with Gasteiger partial charge < -0.3 is 14.0 Å². The number of amides is 1. The Morgan fingerprint density at radius 1 is 1.22 bits per heavy atom. The molecule has 1 amide bonds. The molecule has 0 atom stereocenters. The molecule has 0 aliphatic heterocycles. The molecule has 0 fully saturated rings. The number of benzene rings is 1. The van der Waals surface area contributed by atoms with Gasteiger partial charge >= 0.3 is 5.97 Å². The molecule has 0 radical (unpaired) electrons. The number of aryl methyl sites for hydroxylation is 3. The van der Waals surface area contributed by atoms with Gasteiger partial charge in [0, 0.05) is 13.2 Å². The molecule has 0 saturated heterocycles. The van der Waals surface area contributed by atoms with Crippen molar-refractivity contribution in [2.45, 2.75) is 20.4 Å². The lowest BCUT2D eigenvalue weighted by Crippen LogP contribution is -2.22. The average molecular weight is 388 g/mol. The topological polar surface area (TPSA) is 87.7 Å². The van der Waals surface area contributed by atoms with Gasteiger partial charge in [0.1, 0.15) is 12.1 Å². The fourth-order valence-electron chi connectivity index (χ4n) is 2.67. The molecular weight excluding hydrogens is 368 g/mol. The van der Waals surface area contributed by atoms with Crippen LogP contribution in [0, 0.1) is 13.8 Å². The molecule has 0 spiro atoms. The molecule has 1 aromatic carbocycles. The Labute approximate surface area is 159 Å². The van der Waals surface area contributed by atoms with E-state index in [1.165, 1.54) is 30.2 Å². The standard InChI is InChI=1S/C18H20N4O4S/c1-10-6-13-14(7-11(10)2)27-18(22(13)9-15(23)25-4)19-16(24)12-8-21(3)20-17(12)26-5/h6-8H,9H2,1-5H3. The van der Waals surface area contributed by atoms with Crippen LogP contribution in [-0.4, -0.2) is 40.4 Å². The largest absolute Gasteiger partial charge is 0.479 e. The highest BCUT2D eigenvalue weighted by atomic mass is 32.1. The number of carbonyl (C=O) groups excluding carboxylic acids is 2. The summed E-state index contributed by atoms with van der Waals surface area (Å²) in [4.78, 5) is 29.2. The highest BCUT2D eigenvalue weighted by Gasteiger charge is 2.18. The highest BCUT2D eigenvalue weighted by molar-refractivity contribution is 7.16. The van der Waals surface area contributed by atoms with Crippen molar-refractivity contribution in [1.82, 2.24) is 14.3 Å². The van der Waals surface area contributed by atoms with Crippen LogP contribution in [0.2, 0.25) is 0 Å². The maximum atomic E-state index is 12.7. The number of methoxy groups -OCH3 is 2. The van der Waals surface area contributed by atoms with E-state index in [0.29, 0.717) is 4.80 Å². The Balaban J connectivity index is 2.19. The van der Waals surface area contributed by atoms with E-state index in [2.05, 4.69) is 10.1 Å².